The van der Waals surface area contributed by atoms with Gasteiger partial charge in [-0.15, -0.1) is 0 Å². The van der Waals surface area contributed by atoms with Crippen molar-refractivity contribution in [1.82, 2.24) is 9.80 Å². The third-order valence-corrected chi connectivity index (χ3v) is 5.88. The standard InChI is InChI=1S/C24H24N2O5/c1-14-8-9-19-20(12-14)23(29)26(22(19)28)15(2)24(30)31-16(3)21(27)25-11-10-17-6-4-5-7-18(17)13-25/h4-9,12,15-16H,10-11,13H2,1-3H3. The summed E-state index contributed by atoms with van der Waals surface area (Å²) in [6.45, 7) is 5.78. The Kier molecular flexibility index (Phi) is 5.35. The van der Waals surface area contributed by atoms with Gasteiger partial charge in [0.05, 0.1) is 11.1 Å². The Labute approximate surface area is 180 Å². The number of carbonyl (C=O) groups excluding carboxylic acids is 4. The number of ether oxygens (including phenoxy) is 1. The molecule has 4 rings (SSSR count). The Morgan fingerprint density at radius 3 is 2.39 bits per heavy atom. The van der Waals surface area contributed by atoms with Crippen molar-refractivity contribution < 1.29 is 23.9 Å². The molecule has 0 N–H and O–H groups in total. The number of fused-ring (bicyclic) bond motifs is 2. The van der Waals surface area contributed by atoms with Gasteiger partial charge in [0.25, 0.3) is 17.7 Å². The lowest BCUT2D eigenvalue weighted by atomic mass is 9.99. The highest BCUT2D eigenvalue weighted by atomic mass is 16.5. The highest BCUT2D eigenvalue weighted by Crippen LogP contribution is 2.26. The number of benzene rings is 2. The van der Waals surface area contributed by atoms with E-state index in [0.717, 1.165) is 22.4 Å². The first-order valence-corrected chi connectivity index (χ1v) is 10.3. The second-order valence-electron chi connectivity index (χ2n) is 8.06. The van der Waals surface area contributed by atoms with Crippen molar-refractivity contribution in [1.29, 1.82) is 0 Å². The molecule has 0 radical (unpaired) electrons. The minimum absolute atomic E-state index is 0.270. The van der Waals surface area contributed by atoms with Crippen molar-refractivity contribution in [2.45, 2.75) is 45.9 Å². The summed E-state index contributed by atoms with van der Waals surface area (Å²) < 4.78 is 5.37. The molecule has 0 bridgehead atoms. The minimum atomic E-state index is -1.13. The van der Waals surface area contributed by atoms with Crippen LogP contribution in [0.4, 0.5) is 0 Å². The minimum Gasteiger partial charge on any atom is -0.451 e. The van der Waals surface area contributed by atoms with E-state index in [1.165, 1.54) is 19.4 Å². The van der Waals surface area contributed by atoms with Gasteiger partial charge >= 0.3 is 5.97 Å². The van der Waals surface area contributed by atoms with Crippen LogP contribution in [0.1, 0.15) is 51.3 Å². The Balaban J connectivity index is 1.42. The number of imide groups is 1. The number of aryl methyl sites for hydroxylation is 1. The van der Waals surface area contributed by atoms with Gasteiger partial charge in [0.1, 0.15) is 6.04 Å². The average molecular weight is 420 g/mol. The fourth-order valence-corrected chi connectivity index (χ4v) is 4.09. The molecule has 0 spiro atoms. The SMILES string of the molecule is Cc1ccc2c(c1)C(=O)N(C(C)C(=O)OC(C)C(=O)N1CCc3ccccc3C1)C2=O. The molecule has 7 heteroatoms. The smallest absolute Gasteiger partial charge is 0.329 e. The number of rotatable bonds is 4. The first kappa shape index (κ1) is 20.8. The van der Waals surface area contributed by atoms with Crippen LogP contribution in [0, 0.1) is 6.92 Å². The molecule has 7 nitrogen and oxygen atoms in total. The van der Waals surface area contributed by atoms with Crippen LogP contribution in [0.25, 0.3) is 0 Å². The summed E-state index contributed by atoms with van der Waals surface area (Å²) in [4.78, 5) is 53.5. The topological polar surface area (TPSA) is 84.0 Å². The molecule has 0 aliphatic carbocycles. The Morgan fingerprint density at radius 2 is 1.65 bits per heavy atom. The van der Waals surface area contributed by atoms with E-state index >= 15 is 0 Å². The molecule has 2 atom stereocenters. The molecule has 31 heavy (non-hydrogen) atoms. The van der Waals surface area contributed by atoms with Crippen molar-refractivity contribution in [2.24, 2.45) is 0 Å². The van der Waals surface area contributed by atoms with Gasteiger partial charge in [-0.2, -0.15) is 0 Å². The Morgan fingerprint density at radius 1 is 0.968 bits per heavy atom. The third kappa shape index (κ3) is 3.71. The second-order valence-corrected chi connectivity index (χ2v) is 8.06. The number of esters is 1. The monoisotopic (exact) mass is 420 g/mol. The molecule has 0 saturated heterocycles. The molecule has 2 aliphatic heterocycles. The van der Waals surface area contributed by atoms with E-state index in [4.69, 9.17) is 4.74 Å². The van der Waals surface area contributed by atoms with Crippen LogP contribution < -0.4 is 0 Å². The van der Waals surface area contributed by atoms with E-state index in [1.807, 2.05) is 31.2 Å². The fourth-order valence-electron chi connectivity index (χ4n) is 4.09. The zero-order chi connectivity index (χ0) is 22.3. The molecule has 160 valence electrons. The van der Waals surface area contributed by atoms with Crippen LogP contribution in [0.5, 0.6) is 0 Å². The first-order valence-electron chi connectivity index (χ1n) is 10.3. The van der Waals surface area contributed by atoms with Crippen LogP contribution in [0.3, 0.4) is 0 Å². The van der Waals surface area contributed by atoms with Crippen molar-refractivity contribution in [3.05, 3.63) is 70.3 Å². The number of hydrogen-bond donors (Lipinski definition) is 0. The fraction of sp³-hybridized carbons (Fsp3) is 0.333. The van der Waals surface area contributed by atoms with Gasteiger partial charge in [0.2, 0.25) is 0 Å². The summed E-state index contributed by atoms with van der Waals surface area (Å²) in [7, 11) is 0. The van der Waals surface area contributed by atoms with E-state index < -0.39 is 29.9 Å². The molecule has 3 amide bonds. The van der Waals surface area contributed by atoms with Crippen LogP contribution in [0.2, 0.25) is 0 Å². The van der Waals surface area contributed by atoms with Crippen molar-refractivity contribution >= 4 is 23.7 Å². The molecule has 2 aromatic rings. The van der Waals surface area contributed by atoms with E-state index in [9.17, 15) is 19.2 Å². The van der Waals surface area contributed by atoms with Crippen LogP contribution in [0.15, 0.2) is 42.5 Å². The largest absolute Gasteiger partial charge is 0.451 e. The van der Waals surface area contributed by atoms with Crippen LogP contribution in [-0.2, 0) is 27.3 Å². The first-order chi connectivity index (χ1) is 14.8. The lowest BCUT2D eigenvalue weighted by molar-refractivity contribution is -0.162. The van der Waals surface area contributed by atoms with Gasteiger partial charge in [-0.3, -0.25) is 19.3 Å². The van der Waals surface area contributed by atoms with Crippen molar-refractivity contribution in [3.63, 3.8) is 0 Å². The van der Waals surface area contributed by atoms with Crippen LogP contribution in [-0.4, -0.2) is 52.2 Å². The van der Waals surface area contributed by atoms with Gasteiger partial charge in [0, 0.05) is 13.1 Å². The maximum Gasteiger partial charge on any atom is 0.329 e. The maximum absolute atomic E-state index is 12.8. The summed E-state index contributed by atoms with van der Waals surface area (Å²) in [5.74, 6) is -2.15. The lowest BCUT2D eigenvalue weighted by Crippen LogP contribution is -2.47. The molecule has 0 fully saturated rings. The summed E-state index contributed by atoms with van der Waals surface area (Å²) in [6, 6.07) is 11.8. The molecule has 2 heterocycles. The quantitative estimate of drug-likeness (QED) is 0.561. The van der Waals surface area contributed by atoms with Gasteiger partial charge < -0.3 is 9.64 Å². The summed E-state index contributed by atoms with van der Waals surface area (Å²) in [5, 5.41) is 0. The predicted octanol–water partition coefficient (Wildman–Crippen LogP) is 2.50. The zero-order valence-electron chi connectivity index (χ0n) is 17.8. The summed E-state index contributed by atoms with van der Waals surface area (Å²) >= 11 is 0. The third-order valence-electron chi connectivity index (χ3n) is 5.88. The van der Waals surface area contributed by atoms with E-state index in [-0.39, 0.29) is 17.0 Å². The molecular weight excluding hydrogens is 396 g/mol. The average Bonchev–Trinajstić information content (AvgIpc) is 3.01. The molecule has 2 aliphatic rings. The van der Waals surface area contributed by atoms with Crippen molar-refractivity contribution in [3.8, 4) is 0 Å². The predicted molar refractivity (Wildman–Crippen MR) is 112 cm³/mol. The van der Waals surface area contributed by atoms with Gasteiger partial charge in [-0.1, -0.05) is 35.9 Å². The maximum atomic E-state index is 12.8. The summed E-state index contributed by atoms with van der Waals surface area (Å²) in [5.41, 5.74) is 3.69. The number of hydrogen-bond acceptors (Lipinski definition) is 5. The Hall–Kier alpha value is -3.48. The molecular formula is C24H24N2O5. The second kappa shape index (κ2) is 7.98. The van der Waals surface area contributed by atoms with E-state index in [2.05, 4.69) is 0 Å². The van der Waals surface area contributed by atoms with Crippen LogP contribution >= 0.6 is 0 Å². The normalized spacial score (nSPS) is 17.1. The number of amides is 3. The highest BCUT2D eigenvalue weighted by molar-refractivity contribution is 6.22. The van der Waals surface area contributed by atoms with Gasteiger partial charge in [-0.25, -0.2) is 4.79 Å². The number of nitrogens with zero attached hydrogens (tertiary/aromatic N) is 2. The van der Waals surface area contributed by atoms with E-state index in [1.54, 1.807) is 23.1 Å². The summed E-state index contributed by atoms with van der Waals surface area (Å²) in [6.07, 6.45) is -0.273. The highest BCUT2D eigenvalue weighted by Gasteiger charge is 2.42. The molecule has 0 saturated carbocycles. The molecule has 2 aromatic carbocycles. The lowest BCUT2D eigenvalue weighted by Gasteiger charge is -2.31. The molecule has 2 unspecified atom stereocenters. The van der Waals surface area contributed by atoms with Gasteiger partial charge in [0.15, 0.2) is 6.10 Å². The molecule has 0 aromatic heterocycles. The Bertz CT molecular complexity index is 1090. The number of carbonyl (C=O) groups is 4. The zero-order valence-corrected chi connectivity index (χ0v) is 17.8. The van der Waals surface area contributed by atoms with E-state index in [0.29, 0.717) is 13.1 Å². The van der Waals surface area contributed by atoms with Gasteiger partial charge in [-0.05, 0) is 50.5 Å². The van der Waals surface area contributed by atoms with Crippen molar-refractivity contribution in [2.75, 3.05) is 6.54 Å².